The third kappa shape index (κ3) is 4.29. The summed E-state index contributed by atoms with van der Waals surface area (Å²) in [6, 6.07) is 2.13. The molecule has 0 bridgehead atoms. The second kappa shape index (κ2) is 8.46. The molecule has 166 valence electrons. The highest BCUT2D eigenvalue weighted by Crippen LogP contribution is 2.39. The maximum Gasteiger partial charge on any atom is 0.435 e. The Morgan fingerprint density at radius 2 is 1.81 bits per heavy atom. The van der Waals surface area contributed by atoms with E-state index in [2.05, 4.69) is 10.1 Å². The van der Waals surface area contributed by atoms with Gasteiger partial charge in [0, 0.05) is 50.2 Å². The van der Waals surface area contributed by atoms with Crippen molar-refractivity contribution < 1.29 is 31.5 Å². The summed E-state index contributed by atoms with van der Waals surface area (Å²) in [6.45, 7) is 0.399. The van der Waals surface area contributed by atoms with Gasteiger partial charge in [0.05, 0.1) is 11.9 Å². The van der Waals surface area contributed by atoms with Gasteiger partial charge < -0.3 is 15.0 Å². The number of carbonyl (C=O) groups is 1. The van der Waals surface area contributed by atoms with Gasteiger partial charge >= 0.3 is 6.18 Å². The normalized spacial score (nSPS) is 11.8. The number of imidazole rings is 1. The van der Waals surface area contributed by atoms with Gasteiger partial charge in [0.1, 0.15) is 0 Å². The number of benzene rings is 1. The fourth-order valence-corrected chi connectivity index (χ4v) is 3.16. The number of primary amides is 1. The summed E-state index contributed by atoms with van der Waals surface area (Å²) in [4.78, 5) is 15.1. The van der Waals surface area contributed by atoms with Crippen molar-refractivity contribution in [1.82, 2.24) is 19.3 Å². The number of ether oxygens (including phenoxy) is 1. The van der Waals surface area contributed by atoms with E-state index in [1.54, 1.807) is 0 Å². The van der Waals surface area contributed by atoms with Crippen molar-refractivity contribution in [3.8, 4) is 22.4 Å². The fourth-order valence-electron chi connectivity index (χ4n) is 3.16. The Kier molecular flexibility index (Phi) is 6.11. The number of methoxy groups -OCH3 is 1. The first-order valence-corrected chi connectivity index (χ1v) is 9.00. The molecule has 2 aromatic heterocycles. The summed E-state index contributed by atoms with van der Waals surface area (Å²) >= 11 is 0. The molecule has 1 amide bonds. The Labute approximate surface area is 173 Å². The Morgan fingerprint density at radius 3 is 2.39 bits per heavy atom. The van der Waals surface area contributed by atoms with Crippen LogP contribution in [-0.2, 0) is 24.5 Å². The molecule has 0 fully saturated rings. The van der Waals surface area contributed by atoms with E-state index in [1.807, 2.05) is 0 Å². The van der Waals surface area contributed by atoms with Crippen LogP contribution < -0.4 is 5.73 Å². The van der Waals surface area contributed by atoms with Crippen molar-refractivity contribution in [3.05, 3.63) is 47.7 Å². The van der Waals surface area contributed by atoms with E-state index in [4.69, 9.17) is 10.5 Å². The van der Waals surface area contributed by atoms with Crippen LogP contribution in [0.1, 0.15) is 22.7 Å². The molecule has 0 radical (unpaired) electrons. The molecule has 2 heterocycles. The molecule has 3 rings (SSSR count). The van der Waals surface area contributed by atoms with Gasteiger partial charge in [-0.15, -0.1) is 0 Å². The van der Waals surface area contributed by atoms with Crippen molar-refractivity contribution in [2.24, 2.45) is 12.8 Å². The second-order valence-corrected chi connectivity index (χ2v) is 6.68. The molecule has 0 unspecified atom stereocenters. The zero-order valence-electron chi connectivity index (χ0n) is 16.5. The summed E-state index contributed by atoms with van der Waals surface area (Å²) in [6.07, 6.45) is -2.35. The summed E-state index contributed by atoms with van der Waals surface area (Å²) in [5, 5.41) is 3.50. The molecule has 7 nitrogen and oxygen atoms in total. The highest BCUT2D eigenvalue weighted by Gasteiger charge is 2.38. The molecule has 0 aliphatic carbocycles. The lowest BCUT2D eigenvalue weighted by molar-refractivity contribution is -0.141. The van der Waals surface area contributed by atoms with Crippen molar-refractivity contribution in [2.45, 2.75) is 19.1 Å². The van der Waals surface area contributed by atoms with Gasteiger partial charge in [0.15, 0.2) is 23.2 Å². The smallest absolute Gasteiger partial charge is 0.385 e. The topological polar surface area (TPSA) is 88.0 Å². The van der Waals surface area contributed by atoms with Crippen LogP contribution in [0.15, 0.2) is 24.5 Å². The van der Waals surface area contributed by atoms with Crippen molar-refractivity contribution >= 4 is 5.91 Å². The number of carbonyl (C=O) groups excluding carboxylic acids is 1. The monoisotopic (exact) mass is 443 g/mol. The number of amides is 1. The molecule has 2 N–H and O–H groups in total. The molecule has 31 heavy (non-hydrogen) atoms. The van der Waals surface area contributed by atoms with E-state index in [0.717, 1.165) is 33.8 Å². The lowest BCUT2D eigenvalue weighted by Crippen LogP contribution is -2.17. The van der Waals surface area contributed by atoms with Gasteiger partial charge in [-0.3, -0.25) is 9.48 Å². The van der Waals surface area contributed by atoms with E-state index < -0.39 is 40.5 Å². The first-order chi connectivity index (χ1) is 14.6. The molecule has 0 saturated carbocycles. The first kappa shape index (κ1) is 22.4. The van der Waals surface area contributed by atoms with E-state index in [9.17, 15) is 26.7 Å². The van der Waals surface area contributed by atoms with Crippen molar-refractivity contribution in [3.63, 3.8) is 0 Å². The first-order valence-electron chi connectivity index (χ1n) is 9.00. The molecule has 1 aromatic carbocycles. The quantitative estimate of drug-likeness (QED) is 0.448. The second-order valence-electron chi connectivity index (χ2n) is 6.68. The van der Waals surface area contributed by atoms with Crippen LogP contribution in [0.2, 0.25) is 0 Å². The minimum Gasteiger partial charge on any atom is -0.385 e. The summed E-state index contributed by atoms with van der Waals surface area (Å²) in [7, 11) is 2.82. The number of hydrogen-bond donors (Lipinski definition) is 1. The van der Waals surface area contributed by atoms with Gasteiger partial charge in [-0.1, -0.05) is 6.07 Å². The van der Waals surface area contributed by atoms with Crippen LogP contribution in [0.25, 0.3) is 22.4 Å². The predicted molar refractivity (Wildman–Crippen MR) is 99.8 cm³/mol. The molecular formula is C19H18F5N5O2. The molecule has 12 heteroatoms. The molecule has 0 aliphatic rings. The number of nitrogens with zero attached hydrogens (tertiary/aromatic N) is 4. The average molecular weight is 443 g/mol. The Morgan fingerprint density at radius 1 is 1.16 bits per heavy atom. The van der Waals surface area contributed by atoms with E-state index in [1.165, 1.54) is 14.2 Å². The molecule has 0 atom stereocenters. The number of rotatable bonds is 7. The number of aromatic nitrogens is 4. The van der Waals surface area contributed by atoms with Crippen LogP contribution in [0.4, 0.5) is 22.0 Å². The van der Waals surface area contributed by atoms with E-state index in [-0.39, 0.29) is 23.6 Å². The van der Waals surface area contributed by atoms with Crippen LogP contribution in [-0.4, -0.2) is 39.0 Å². The zero-order valence-corrected chi connectivity index (χ0v) is 16.5. The molecule has 0 spiro atoms. The van der Waals surface area contributed by atoms with Crippen LogP contribution in [0.5, 0.6) is 0 Å². The SMILES string of the molecule is COCCCn1cc(-c2ccc(-c3cnc(C(N)=O)n3C)c(F)c2F)c(C(F)(F)F)n1. The van der Waals surface area contributed by atoms with Crippen molar-refractivity contribution in [2.75, 3.05) is 13.7 Å². The number of nitrogens with two attached hydrogens (primary N) is 1. The Bertz CT molecular complexity index is 1120. The number of hydrogen-bond acceptors (Lipinski definition) is 4. The van der Waals surface area contributed by atoms with Gasteiger partial charge in [0.25, 0.3) is 5.91 Å². The highest BCUT2D eigenvalue weighted by molar-refractivity contribution is 5.90. The maximum atomic E-state index is 14.9. The van der Waals surface area contributed by atoms with Gasteiger partial charge in [-0.05, 0) is 12.5 Å². The summed E-state index contributed by atoms with van der Waals surface area (Å²) < 4.78 is 77.2. The van der Waals surface area contributed by atoms with Gasteiger partial charge in [-0.2, -0.15) is 18.3 Å². The van der Waals surface area contributed by atoms with E-state index in [0.29, 0.717) is 13.0 Å². The number of aryl methyl sites for hydroxylation is 1. The molecule has 0 aliphatic heterocycles. The molecule has 3 aromatic rings. The zero-order chi connectivity index (χ0) is 22.9. The average Bonchev–Trinajstić information content (AvgIpc) is 3.28. The summed E-state index contributed by atoms with van der Waals surface area (Å²) in [5.74, 6) is -3.93. The summed E-state index contributed by atoms with van der Waals surface area (Å²) in [5.41, 5.74) is 2.40. The fraction of sp³-hybridized carbons (Fsp3) is 0.316. The minimum absolute atomic E-state index is 0.0306. The lowest BCUT2D eigenvalue weighted by Gasteiger charge is -2.11. The van der Waals surface area contributed by atoms with Gasteiger partial charge in [0.2, 0.25) is 0 Å². The predicted octanol–water partition coefficient (Wildman–Crippen LogP) is 3.38. The largest absolute Gasteiger partial charge is 0.435 e. The standard InChI is InChI=1S/C19H18F5N5O2/c1-28-13(8-26-18(28)17(25)30)11-5-4-10(14(20)15(11)21)12-9-29(6-3-7-31-2)27-16(12)19(22,23)24/h4-5,8-9H,3,6-7H2,1-2H3,(H2,25,30). The molecule has 0 saturated heterocycles. The highest BCUT2D eigenvalue weighted by atomic mass is 19.4. The third-order valence-electron chi connectivity index (χ3n) is 4.62. The van der Waals surface area contributed by atoms with Crippen molar-refractivity contribution in [1.29, 1.82) is 0 Å². The van der Waals surface area contributed by atoms with Crippen LogP contribution in [0, 0.1) is 11.6 Å². The molecular weight excluding hydrogens is 425 g/mol. The Balaban J connectivity index is 2.09. The van der Waals surface area contributed by atoms with Crippen LogP contribution >= 0.6 is 0 Å². The van der Waals surface area contributed by atoms with Crippen LogP contribution in [0.3, 0.4) is 0 Å². The minimum atomic E-state index is -4.87. The third-order valence-corrected chi connectivity index (χ3v) is 4.62. The lowest BCUT2D eigenvalue weighted by atomic mass is 10.0. The number of alkyl halides is 3. The maximum absolute atomic E-state index is 14.9. The van der Waals surface area contributed by atoms with E-state index >= 15 is 0 Å². The van der Waals surface area contributed by atoms with Gasteiger partial charge in [-0.25, -0.2) is 13.8 Å². The Hall–Kier alpha value is -3.28. The number of halogens is 5.